The van der Waals surface area contributed by atoms with Crippen molar-refractivity contribution in [1.29, 1.82) is 0 Å². The Hall–Kier alpha value is -2.50. The molecule has 1 N–H and O–H groups in total. The summed E-state index contributed by atoms with van der Waals surface area (Å²) < 4.78 is 5.40. The molecular weight excluding hydrogens is 256 g/mol. The molecule has 0 atom stereocenters. The predicted molar refractivity (Wildman–Crippen MR) is 73.3 cm³/mol. The maximum Gasteiger partial charge on any atom is 0.271 e. The zero-order valence-electron chi connectivity index (χ0n) is 11.5. The number of carbonyl (C=O) groups excluding carboxylic acids is 1. The Morgan fingerprint density at radius 3 is 2.85 bits per heavy atom. The quantitative estimate of drug-likeness (QED) is 0.892. The van der Waals surface area contributed by atoms with E-state index in [1.54, 1.807) is 18.5 Å². The van der Waals surface area contributed by atoms with Crippen LogP contribution in [0.2, 0.25) is 0 Å². The third kappa shape index (κ3) is 3.50. The molecule has 0 spiro atoms. The number of rotatable bonds is 5. The standard InChI is InChI=1S/C14H16N4O2/c1-3-20-14-11(5-4-6-15-14)8-18-13(19)12-9-16-10(2)7-17-12/h4-7,9H,3,8H2,1-2H3,(H,18,19). The molecule has 0 aliphatic heterocycles. The third-order valence-corrected chi connectivity index (χ3v) is 2.58. The van der Waals surface area contributed by atoms with Crippen LogP contribution in [0.4, 0.5) is 0 Å². The van der Waals surface area contributed by atoms with Crippen molar-refractivity contribution in [1.82, 2.24) is 20.3 Å². The van der Waals surface area contributed by atoms with Gasteiger partial charge in [-0.2, -0.15) is 0 Å². The van der Waals surface area contributed by atoms with E-state index in [2.05, 4.69) is 20.3 Å². The smallest absolute Gasteiger partial charge is 0.271 e. The second kappa shape index (κ2) is 6.60. The molecule has 2 heterocycles. The van der Waals surface area contributed by atoms with E-state index in [0.717, 1.165) is 11.3 Å². The van der Waals surface area contributed by atoms with Gasteiger partial charge in [0.25, 0.3) is 5.91 Å². The lowest BCUT2D eigenvalue weighted by molar-refractivity contribution is 0.0945. The maximum absolute atomic E-state index is 11.9. The number of ether oxygens (including phenoxy) is 1. The van der Waals surface area contributed by atoms with Crippen LogP contribution in [-0.4, -0.2) is 27.5 Å². The minimum absolute atomic E-state index is 0.274. The lowest BCUT2D eigenvalue weighted by atomic mass is 10.2. The molecule has 104 valence electrons. The number of hydrogen-bond acceptors (Lipinski definition) is 5. The van der Waals surface area contributed by atoms with E-state index in [0.29, 0.717) is 19.0 Å². The minimum atomic E-state index is -0.274. The van der Waals surface area contributed by atoms with Gasteiger partial charge in [-0.1, -0.05) is 6.07 Å². The summed E-state index contributed by atoms with van der Waals surface area (Å²) in [5.41, 5.74) is 1.88. The van der Waals surface area contributed by atoms with E-state index < -0.39 is 0 Å². The number of aromatic nitrogens is 3. The predicted octanol–water partition coefficient (Wildman–Crippen LogP) is 1.51. The average Bonchev–Trinajstić information content (AvgIpc) is 2.47. The summed E-state index contributed by atoms with van der Waals surface area (Å²) in [6.07, 6.45) is 4.67. The van der Waals surface area contributed by atoms with E-state index in [-0.39, 0.29) is 11.6 Å². The molecule has 0 aliphatic rings. The van der Waals surface area contributed by atoms with Crippen LogP contribution in [0.25, 0.3) is 0 Å². The molecule has 0 saturated carbocycles. The Morgan fingerprint density at radius 1 is 1.30 bits per heavy atom. The van der Waals surface area contributed by atoms with Crippen molar-refractivity contribution in [3.05, 3.63) is 47.7 Å². The van der Waals surface area contributed by atoms with Crippen LogP contribution in [0.15, 0.2) is 30.7 Å². The number of pyridine rings is 1. The fraction of sp³-hybridized carbons (Fsp3) is 0.286. The van der Waals surface area contributed by atoms with Gasteiger partial charge in [0.15, 0.2) is 0 Å². The van der Waals surface area contributed by atoms with Crippen molar-refractivity contribution < 1.29 is 9.53 Å². The fourth-order valence-electron chi connectivity index (χ4n) is 1.60. The van der Waals surface area contributed by atoms with E-state index in [9.17, 15) is 4.79 Å². The summed E-state index contributed by atoms with van der Waals surface area (Å²) in [6.45, 7) is 4.57. The number of hydrogen-bond donors (Lipinski definition) is 1. The Labute approximate surface area is 117 Å². The largest absolute Gasteiger partial charge is 0.478 e. The Bertz CT molecular complexity index is 584. The summed E-state index contributed by atoms with van der Waals surface area (Å²) >= 11 is 0. The van der Waals surface area contributed by atoms with E-state index >= 15 is 0 Å². The van der Waals surface area contributed by atoms with Crippen LogP contribution in [0.5, 0.6) is 5.88 Å². The van der Waals surface area contributed by atoms with Gasteiger partial charge in [0.2, 0.25) is 5.88 Å². The summed E-state index contributed by atoms with van der Waals surface area (Å²) in [5, 5.41) is 2.77. The van der Waals surface area contributed by atoms with Crippen LogP contribution >= 0.6 is 0 Å². The van der Waals surface area contributed by atoms with Crippen molar-refractivity contribution in [2.24, 2.45) is 0 Å². The van der Waals surface area contributed by atoms with Gasteiger partial charge in [-0.05, 0) is 19.9 Å². The van der Waals surface area contributed by atoms with Crippen LogP contribution < -0.4 is 10.1 Å². The van der Waals surface area contributed by atoms with Crippen LogP contribution in [0.1, 0.15) is 28.7 Å². The number of aryl methyl sites for hydroxylation is 1. The van der Waals surface area contributed by atoms with Gasteiger partial charge in [0.05, 0.1) is 18.5 Å². The summed E-state index contributed by atoms with van der Waals surface area (Å²) in [4.78, 5) is 24.1. The highest BCUT2D eigenvalue weighted by molar-refractivity contribution is 5.91. The number of carbonyl (C=O) groups is 1. The lowest BCUT2D eigenvalue weighted by Gasteiger charge is -2.09. The maximum atomic E-state index is 11.9. The molecule has 0 aliphatic carbocycles. The molecule has 0 fully saturated rings. The van der Waals surface area contributed by atoms with Gasteiger partial charge in [-0.15, -0.1) is 0 Å². The molecule has 6 nitrogen and oxygen atoms in total. The van der Waals surface area contributed by atoms with Gasteiger partial charge in [-0.25, -0.2) is 9.97 Å². The second-order valence-electron chi connectivity index (χ2n) is 4.13. The molecule has 1 amide bonds. The molecule has 0 unspecified atom stereocenters. The highest BCUT2D eigenvalue weighted by Crippen LogP contribution is 2.13. The first-order valence-corrected chi connectivity index (χ1v) is 6.34. The molecule has 2 rings (SSSR count). The van der Waals surface area contributed by atoms with Gasteiger partial charge >= 0.3 is 0 Å². The average molecular weight is 272 g/mol. The van der Waals surface area contributed by atoms with Crippen molar-refractivity contribution in [2.75, 3.05) is 6.61 Å². The highest BCUT2D eigenvalue weighted by atomic mass is 16.5. The van der Waals surface area contributed by atoms with Gasteiger partial charge in [0, 0.05) is 24.5 Å². The van der Waals surface area contributed by atoms with Crippen molar-refractivity contribution >= 4 is 5.91 Å². The second-order valence-corrected chi connectivity index (χ2v) is 4.13. The van der Waals surface area contributed by atoms with Gasteiger partial charge in [0.1, 0.15) is 5.69 Å². The van der Waals surface area contributed by atoms with Gasteiger partial charge in [-0.3, -0.25) is 9.78 Å². The van der Waals surface area contributed by atoms with Crippen molar-refractivity contribution in [2.45, 2.75) is 20.4 Å². The highest BCUT2D eigenvalue weighted by Gasteiger charge is 2.09. The lowest BCUT2D eigenvalue weighted by Crippen LogP contribution is -2.24. The van der Waals surface area contributed by atoms with E-state index in [4.69, 9.17) is 4.74 Å². The molecule has 2 aromatic rings. The molecule has 6 heteroatoms. The number of amides is 1. The first-order chi connectivity index (χ1) is 9.70. The molecule has 0 saturated heterocycles. The van der Waals surface area contributed by atoms with Crippen molar-refractivity contribution in [3.63, 3.8) is 0 Å². The zero-order chi connectivity index (χ0) is 14.4. The molecular formula is C14H16N4O2. The molecule has 2 aromatic heterocycles. The molecule has 0 aromatic carbocycles. The van der Waals surface area contributed by atoms with Gasteiger partial charge < -0.3 is 10.1 Å². The minimum Gasteiger partial charge on any atom is -0.478 e. The van der Waals surface area contributed by atoms with Crippen molar-refractivity contribution in [3.8, 4) is 5.88 Å². The SMILES string of the molecule is CCOc1ncccc1CNC(=O)c1cnc(C)cn1. The zero-order valence-corrected chi connectivity index (χ0v) is 11.5. The van der Waals surface area contributed by atoms with E-state index in [1.165, 1.54) is 6.20 Å². The molecule has 0 bridgehead atoms. The normalized spacial score (nSPS) is 10.1. The fourth-order valence-corrected chi connectivity index (χ4v) is 1.60. The third-order valence-electron chi connectivity index (χ3n) is 2.58. The molecule has 0 radical (unpaired) electrons. The summed E-state index contributed by atoms with van der Waals surface area (Å²) in [7, 11) is 0. The Kier molecular flexibility index (Phi) is 4.60. The number of nitrogens with zero attached hydrogens (tertiary/aromatic N) is 3. The monoisotopic (exact) mass is 272 g/mol. The van der Waals surface area contributed by atoms with Crippen LogP contribution in [0.3, 0.4) is 0 Å². The van der Waals surface area contributed by atoms with E-state index in [1.807, 2.05) is 19.9 Å². The first kappa shape index (κ1) is 13.9. The Morgan fingerprint density at radius 2 is 2.15 bits per heavy atom. The van der Waals surface area contributed by atoms with Crippen LogP contribution in [-0.2, 0) is 6.54 Å². The Balaban J connectivity index is 2.01. The number of nitrogens with one attached hydrogen (secondary N) is 1. The van der Waals surface area contributed by atoms with Crippen LogP contribution in [0, 0.1) is 6.92 Å². The summed E-state index contributed by atoms with van der Waals surface area (Å²) in [6, 6.07) is 3.66. The topological polar surface area (TPSA) is 77.0 Å². The molecule has 20 heavy (non-hydrogen) atoms. The summed E-state index contributed by atoms with van der Waals surface area (Å²) in [5.74, 6) is 0.258. The first-order valence-electron chi connectivity index (χ1n) is 6.34.